The molecule has 3 aromatic rings. The molecule has 0 radical (unpaired) electrons. The van der Waals surface area contributed by atoms with Gasteiger partial charge in [0, 0.05) is 56.4 Å². The third-order valence-electron chi connectivity index (χ3n) is 4.83. The van der Waals surface area contributed by atoms with Crippen LogP contribution in [-0.2, 0) is 17.8 Å². The van der Waals surface area contributed by atoms with Crippen LogP contribution in [0.4, 0.5) is 5.13 Å². The lowest BCUT2D eigenvalue weighted by Gasteiger charge is -2.20. The number of benzene rings is 1. The second-order valence-corrected chi connectivity index (χ2v) is 7.98. The monoisotopic (exact) mass is 439 g/mol. The van der Waals surface area contributed by atoms with Gasteiger partial charge in [0.05, 0.1) is 7.11 Å². The lowest BCUT2D eigenvalue weighted by molar-refractivity contribution is -0.121. The maximum Gasteiger partial charge on any atom is 0.222 e. The number of nitrogens with zero attached hydrogens (tertiary/aromatic N) is 4. The van der Waals surface area contributed by atoms with Crippen molar-refractivity contribution in [3.05, 3.63) is 65.7 Å². The maximum absolute atomic E-state index is 12.3. The van der Waals surface area contributed by atoms with Gasteiger partial charge >= 0.3 is 0 Å². The van der Waals surface area contributed by atoms with E-state index in [2.05, 4.69) is 26.5 Å². The molecule has 1 N–H and O–H groups in total. The molecule has 0 saturated carbocycles. The Kier molecular flexibility index (Phi) is 8.78. The summed E-state index contributed by atoms with van der Waals surface area (Å²) in [4.78, 5) is 23.3. The number of ether oxygens (including phenoxy) is 1. The van der Waals surface area contributed by atoms with Crippen molar-refractivity contribution in [2.75, 3.05) is 25.1 Å². The Morgan fingerprint density at radius 3 is 2.84 bits per heavy atom. The number of pyridine rings is 1. The molecule has 2 heterocycles. The standard InChI is InChI=1S/C23H29N5O2S/c1-3-4-12-28(13-10-22(29)25-17-19-8-6-11-24-16-19)23-26-21(27-31-23)15-18-7-5-9-20(14-18)30-2/h5-9,11,14,16H,3-4,10,12-13,15,17H2,1-2H3,(H,25,29). The Labute approximate surface area is 187 Å². The number of methoxy groups -OCH3 is 1. The van der Waals surface area contributed by atoms with E-state index in [1.54, 1.807) is 19.5 Å². The first kappa shape index (κ1) is 22.7. The van der Waals surface area contributed by atoms with E-state index in [9.17, 15) is 4.79 Å². The van der Waals surface area contributed by atoms with Crippen LogP contribution in [0.25, 0.3) is 0 Å². The van der Waals surface area contributed by atoms with Crippen LogP contribution < -0.4 is 15.0 Å². The van der Waals surface area contributed by atoms with Crippen molar-refractivity contribution in [3.63, 3.8) is 0 Å². The Bertz CT molecular complexity index is 948. The number of unbranched alkanes of at least 4 members (excludes halogenated alkanes) is 1. The number of hydrogen-bond acceptors (Lipinski definition) is 7. The van der Waals surface area contributed by atoms with Gasteiger partial charge in [-0.3, -0.25) is 9.78 Å². The first-order valence-corrected chi connectivity index (χ1v) is 11.3. The lowest BCUT2D eigenvalue weighted by atomic mass is 10.1. The Morgan fingerprint density at radius 1 is 1.19 bits per heavy atom. The van der Waals surface area contributed by atoms with Crippen molar-refractivity contribution in [1.82, 2.24) is 19.7 Å². The van der Waals surface area contributed by atoms with Crippen LogP contribution in [-0.4, -0.2) is 40.4 Å². The zero-order chi connectivity index (χ0) is 21.9. The van der Waals surface area contributed by atoms with Crippen molar-refractivity contribution < 1.29 is 9.53 Å². The van der Waals surface area contributed by atoms with Gasteiger partial charge < -0.3 is 15.0 Å². The number of hydrogen-bond donors (Lipinski definition) is 1. The van der Waals surface area contributed by atoms with Gasteiger partial charge in [-0.25, -0.2) is 4.98 Å². The number of amides is 1. The minimum Gasteiger partial charge on any atom is -0.497 e. The van der Waals surface area contributed by atoms with Crippen LogP contribution in [0, 0.1) is 0 Å². The third-order valence-corrected chi connectivity index (χ3v) is 5.64. The molecule has 3 rings (SSSR count). The van der Waals surface area contributed by atoms with Crippen molar-refractivity contribution in [2.45, 2.75) is 39.2 Å². The third kappa shape index (κ3) is 7.32. The van der Waals surface area contributed by atoms with Gasteiger partial charge in [-0.05, 0) is 35.7 Å². The summed E-state index contributed by atoms with van der Waals surface area (Å²) < 4.78 is 9.83. The van der Waals surface area contributed by atoms with Gasteiger partial charge in [-0.15, -0.1) is 0 Å². The van der Waals surface area contributed by atoms with Crippen molar-refractivity contribution in [3.8, 4) is 5.75 Å². The van der Waals surface area contributed by atoms with Crippen LogP contribution in [0.2, 0.25) is 0 Å². The van der Waals surface area contributed by atoms with E-state index in [0.717, 1.165) is 47.2 Å². The molecular weight excluding hydrogens is 410 g/mol. The van der Waals surface area contributed by atoms with E-state index in [0.29, 0.717) is 25.9 Å². The summed E-state index contributed by atoms with van der Waals surface area (Å²) in [5.74, 6) is 1.64. The Morgan fingerprint density at radius 2 is 2.06 bits per heavy atom. The maximum atomic E-state index is 12.3. The predicted octanol–water partition coefficient (Wildman–Crippen LogP) is 3.85. The number of carbonyl (C=O) groups is 1. The molecule has 31 heavy (non-hydrogen) atoms. The number of nitrogens with one attached hydrogen (secondary N) is 1. The van der Waals surface area contributed by atoms with Gasteiger partial charge in [0.15, 0.2) is 0 Å². The molecule has 0 atom stereocenters. The number of aromatic nitrogens is 3. The largest absolute Gasteiger partial charge is 0.497 e. The fraction of sp³-hybridized carbons (Fsp3) is 0.391. The van der Waals surface area contributed by atoms with Crippen LogP contribution in [0.3, 0.4) is 0 Å². The molecular formula is C23H29N5O2S. The summed E-state index contributed by atoms with van der Waals surface area (Å²) >= 11 is 1.39. The first-order chi connectivity index (χ1) is 15.2. The quantitative estimate of drug-likeness (QED) is 0.462. The Balaban J connectivity index is 1.56. The van der Waals surface area contributed by atoms with Gasteiger partial charge in [-0.2, -0.15) is 4.37 Å². The Hall–Kier alpha value is -3.00. The van der Waals surface area contributed by atoms with E-state index >= 15 is 0 Å². The molecule has 0 spiro atoms. The molecule has 7 nitrogen and oxygen atoms in total. The van der Waals surface area contributed by atoms with Crippen LogP contribution in [0.15, 0.2) is 48.8 Å². The number of carbonyl (C=O) groups excluding carboxylic acids is 1. The highest BCUT2D eigenvalue weighted by molar-refractivity contribution is 7.09. The molecule has 0 aliphatic rings. The average Bonchev–Trinajstić information content (AvgIpc) is 3.26. The second-order valence-electron chi connectivity index (χ2n) is 7.25. The van der Waals surface area contributed by atoms with Gasteiger partial charge in [-0.1, -0.05) is 31.5 Å². The minimum atomic E-state index is 0.0199. The minimum absolute atomic E-state index is 0.0199. The number of anilines is 1. The molecule has 0 bridgehead atoms. The lowest BCUT2D eigenvalue weighted by Crippen LogP contribution is -2.31. The highest BCUT2D eigenvalue weighted by atomic mass is 32.1. The average molecular weight is 440 g/mol. The SMILES string of the molecule is CCCCN(CCC(=O)NCc1cccnc1)c1nc(Cc2cccc(OC)c2)ns1. The highest BCUT2D eigenvalue weighted by Crippen LogP contribution is 2.21. The molecule has 1 aromatic carbocycles. The molecule has 0 aliphatic heterocycles. The van der Waals surface area contributed by atoms with E-state index in [-0.39, 0.29) is 5.91 Å². The smallest absolute Gasteiger partial charge is 0.222 e. The summed E-state index contributed by atoms with van der Waals surface area (Å²) in [7, 11) is 1.66. The molecule has 0 aliphatic carbocycles. The molecule has 0 unspecified atom stereocenters. The molecule has 164 valence electrons. The summed E-state index contributed by atoms with van der Waals surface area (Å²) in [6, 6.07) is 11.8. The summed E-state index contributed by atoms with van der Waals surface area (Å²) in [6.07, 6.45) is 6.68. The summed E-state index contributed by atoms with van der Waals surface area (Å²) in [6.45, 7) is 4.13. The topological polar surface area (TPSA) is 80.2 Å². The highest BCUT2D eigenvalue weighted by Gasteiger charge is 2.14. The van der Waals surface area contributed by atoms with Gasteiger partial charge in [0.25, 0.3) is 0 Å². The zero-order valence-electron chi connectivity index (χ0n) is 18.1. The van der Waals surface area contributed by atoms with Gasteiger partial charge in [0.1, 0.15) is 11.6 Å². The summed E-state index contributed by atoms with van der Waals surface area (Å²) in [5.41, 5.74) is 2.10. The fourth-order valence-electron chi connectivity index (χ4n) is 3.09. The molecule has 0 fully saturated rings. The molecule has 8 heteroatoms. The number of rotatable bonds is 12. The van der Waals surface area contributed by atoms with Crippen molar-refractivity contribution in [2.24, 2.45) is 0 Å². The normalized spacial score (nSPS) is 10.6. The zero-order valence-corrected chi connectivity index (χ0v) is 18.9. The molecule has 1 amide bonds. The van der Waals surface area contributed by atoms with Gasteiger partial charge in [0.2, 0.25) is 11.0 Å². The van der Waals surface area contributed by atoms with Crippen LogP contribution in [0.5, 0.6) is 5.75 Å². The predicted molar refractivity (Wildman–Crippen MR) is 124 cm³/mol. The van der Waals surface area contributed by atoms with Crippen molar-refractivity contribution in [1.29, 1.82) is 0 Å². The van der Waals surface area contributed by atoms with Crippen LogP contribution in [0.1, 0.15) is 43.1 Å². The molecule has 2 aromatic heterocycles. The van der Waals surface area contributed by atoms with E-state index in [1.807, 2.05) is 36.4 Å². The van der Waals surface area contributed by atoms with E-state index in [4.69, 9.17) is 9.72 Å². The van der Waals surface area contributed by atoms with E-state index < -0.39 is 0 Å². The summed E-state index contributed by atoms with van der Waals surface area (Å²) in [5, 5.41) is 3.83. The second kappa shape index (κ2) is 12.0. The molecule has 0 saturated heterocycles. The van der Waals surface area contributed by atoms with E-state index in [1.165, 1.54) is 11.5 Å². The van der Waals surface area contributed by atoms with Crippen LogP contribution >= 0.6 is 11.5 Å². The first-order valence-electron chi connectivity index (χ1n) is 10.5. The van der Waals surface area contributed by atoms with Crippen molar-refractivity contribution >= 4 is 22.6 Å². The fourth-order valence-corrected chi connectivity index (χ4v) is 3.83.